The van der Waals surface area contributed by atoms with E-state index in [1.165, 1.54) is 54.0 Å². The molecule has 0 N–H and O–H groups in total. The summed E-state index contributed by atoms with van der Waals surface area (Å²) < 4.78 is 12.6. The number of unbranched alkanes of at least 4 members (excludes halogenated alkanes) is 5. The summed E-state index contributed by atoms with van der Waals surface area (Å²) in [6.07, 6.45) is 8.18. The van der Waals surface area contributed by atoms with Gasteiger partial charge in [0.05, 0.1) is 18.4 Å². The molecule has 0 radical (unpaired) electrons. The van der Waals surface area contributed by atoms with E-state index in [2.05, 4.69) is 96.9 Å². The van der Waals surface area contributed by atoms with Crippen molar-refractivity contribution in [2.75, 3.05) is 6.61 Å². The Kier molecular flexibility index (Phi) is 7.30. The molecule has 0 saturated carbocycles. The molecule has 0 spiro atoms. The molecule has 4 aromatic carbocycles. The molecule has 4 heteroatoms. The smallest absolute Gasteiger partial charge is 0.213 e. The van der Waals surface area contributed by atoms with Crippen LogP contribution in [0.2, 0.25) is 0 Å². The average Bonchev–Trinajstić information content (AvgIpc) is 3.42. The fourth-order valence-corrected chi connectivity index (χ4v) is 5.60. The van der Waals surface area contributed by atoms with Gasteiger partial charge in [-0.2, -0.15) is 5.10 Å². The summed E-state index contributed by atoms with van der Waals surface area (Å²) >= 11 is 0. The van der Waals surface area contributed by atoms with Crippen LogP contribution < -0.4 is 9.47 Å². The summed E-state index contributed by atoms with van der Waals surface area (Å²) in [5.41, 5.74) is 4.56. The zero-order valence-electron chi connectivity index (χ0n) is 22.2. The minimum Gasteiger partial charge on any atom is -0.494 e. The Labute approximate surface area is 225 Å². The maximum Gasteiger partial charge on any atom is 0.213 e. The Morgan fingerprint density at radius 1 is 0.816 bits per heavy atom. The Balaban J connectivity index is 1.20. The van der Waals surface area contributed by atoms with Crippen molar-refractivity contribution in [3.05, 3.63) is 108 Å². The monoisotopic (exact) mass is 504 g/mol. The van der Waals surface area contributed by atoms with Gasteiger partial charge in [-0.1, -0.05) is 93.6 Å². The van der Waals surface area contributed by atoms with Crippen LogP contribution in [0.3, 0.4) is 0 Å². The maximum absolute atomic E-state index is 6.55. The average molecular weight is 505 g/mol. The first-order valence-corrected chi connectivity index (χ1v) is 14.1. The number of hydrazone groups is 1. The lowest BCUT2D eigenvalue weighted by Gasteiger charge is -2.38. The van der Waals surface area contributed by atoms with E-state index in [9.17, 15) is 0 Å². The van der Waals surface area contributed by atoms with Crippen LogP contribution in [0.5, 0.6) is 11.5 Å². The van der Waals surface area contributed by atoms with Gasteiger partial charge in [0, 0.05) is 17.5 Å². The van der Waals surface area contributed by atoms with Crippen LogP contribution in [0.15, 0.2) is 96.1 Å². The lowest BCUT2D eigenvalue weighted by Crippen LogP contribution is -2.33. The third-order valence-electron chi connectivity index (χ3n) is 7.71. The Morgan fingerprint density at radius 3 is 2.45 bits per heavy atom. The third kappa shape index (κ3) is 5.13. The Morgan fingerprint density at radius 2 is 1.58 bits per heavy atom. The molecular formula is C34H36N2O2. The first-order valence-electron chi connectivity index (χ1n) is 14.1. The molecule has 2 heterocycles. The molecule has 38 heavy (non-hydrogen) atoms. The molecular weight excluding hydrogens is 468 g/mol. The summed E-state index contributed by atoms with van der Waals surface area (Å²) in [4.78, 5) is 0. The number of hydrogen-bond donors (Lipinski definition) is 0. The third-order valence-corrected chi connectivity index (χ3v) is 7.71. The molecule has 2 atom stereocenters. The maximum atomic E-state index is 6.55. The summed E-state index contributed by atoms with van der Waals surface area (Å²) in [6, 6.07) is 32.0. The van der Waals surface area contributed by atoms with Crippen LogP contribution >= 0.6 is 0 Å². The Bertz CT molecular complexity index is 1410. The molecule has 194 valence electrons. The zero-order valence-corrected chi connectivity index (χ0v) is 22.2. The van der Waals surface area contributed by atoms with Gasteiger partial charge < -0.3 is 9.47 Å². The van der Waals surface area contributed by atoms with E-state index in [4.69, 9.17) is 14.6 Å². The minimum atomic E-state index is -0.277. The van der Waals surface area contributed by atoms with Crippen molar-refractivity contribution in [1.82, 2.24) is 5.01 Å². The lowest BCUT2D eigenvalue weighted by molar-refractivity contribution is -0.0190. The lowest BCUT2D eigenvalue weighted by atomic mass is 9.95. The molecule has 0 fully saturated rings. The summed E-state index contributed by atoms with van der Waals surface area (Å²) in [5.74, 6) is 1.86. The molecule has 0 bridgehead atoms. The molecule has 2 aliphatic heterocycles. The molecule has 4 nitrogen and oxygen atoms in total. The highest BCUT2D eigenvalue weighted by molar-refractivity contribution is 6.04. The van der Waals surface area contributed by atoms with Gasteiger partial charge in [-0.05, 0) is 59.2 Å². The van der Waals surface area contributed by atoms with Crippen molar-refractivity contribution >= 4 is 16.5 Å². The molecule has 2 aliphatic rings. The van der Waals surface area contributed by atoms with Crippen molar-refractivity contribution in [3.8, 4) is 11.5 Å². The van der Waals surface area contributed by atoms with Crippen molar-refractivity contribution in [2.24, 2.45) is 5.10 Å². The predicted octanol–water partition coefficient (Wildman–Crippen LogP) is 8.82. The SMILES string of the molecule is CCCCCCCCOc1ccc(C2Oc3ccccc3C3CC(c4ccc5ccccc5c4)=NN32)cc1. The van der Waals surface area contributed by atoms with E-state index in [-0.39, 0.29) is 12.3 Å². The van der Waals surface area contributed by atoms with Gasteiger partial charge in [0.2, 0.25) is 6.23 Å². The van der Waals surface area contributed by atoms with Crippen LogP contribution in [0.4, 0.5) is 0 Å². The van der Waals surface area contributed by atoms with E-state index in [0.717, 1.165) is 42.2 Å². The second-order valence-electron chi connectivity index (χ2n) is 10.4. The summed E-state index contributed by atoms with van der Waals surface area (Å²) in [6.45, 7) is 3.02. The molecule has 0 saturated heterocycles. The highest BCUT2D eigenvalue weighted by atomic mass is 16.5. The van der Waals surface area contributed by atoms with E-state index in [1.54, 1.807) is 0 Å². The van der Waals surface area contributed by atoms with Crippen molar-refractivity contribution in [3.63, 3.8) is 0 Å². The van der Waals surface area contributed by atoms with Gasteiger partial charge in [-0.3, -0.25) is 0 Å². The molecule has 4 aromatic rings. The minimum absolute atomic E-state index is 0.148. The van der Waals surface area contributed by atoms with Crippen molar-refractivity contribution < 1.29 is 9.47 Å². The number of ether oxygens (including phenoxy) is 2. The highest BCUT2D eigenvalue weighted by Gasteiger charge is 2.40. The first kappa shape index (κ1) is 24.5. The number of hydrogen-bond acceptors (Lipinski definition) is 4. The topological polar surface area (TPSA) is 34.1 Å². The van der Waals surface area contributed by atoms with E-state index in [1.807, 2.05) is 6.07 Å². The van der Waals surface area contributed by atoms with Crippen LogP contribution in [0.1, 0.15) is 80.8 Å². The molecule has 2 unspecified atom stereocenters. The fourth-order valence-electron chi connectivity index (χ4n) is 5.60. The number of nitrogens with zero attached hydrogens (tertiary/aromatic N) is 2. The quantitative estimate of drug-likeness (QED) is 0.202. The van der Waals surface area contributed by atoms with Gasteiger partial charge in [0.25, 0.3) is 0 Å². The van der Waals surface area contributed by atoms with Gasteiger partial charge in [-0.15, -0.1) is 0 Å². The van der Waals surface area contributed by atoms with Gasteiger partial charge in [0.1, 0.15) is 11.5 Å². The number of para-hydroxylation sites is 1. The second-order valence-corrected chi connectivity index (χ2v) is 10.4. The van der Waals surface area contributed by atoms with Crippen LogP contribution in [0, 0.1) is 0 Å². The summed E-state index contributed by atoms with van der Waals surface area (Å²) in [7, 11) is 0. The van der Waals surface area contributed by atoms with Crippen molar-refractivity contribution in [2.45, 2.75) is 64.1 Å². The zero-order chi connectivity index (χ0) is 25.7. The highest BCUT2D eigenvalue weighted by Crippen LogP contribution is 2.47. The molecule has 6 rings (SSSR count). The first-order chi connectivity index (χ1) is 18.8. The number of fused-ring (bicyclic) bond motifs is 4. The van der Waals surface area contributed by atoms with Gasteiger partial charge >= 0.3 is 0 Å². The number of rotatable bonds is 10. The molecule has 0 aliphatic carbocycles. The van der Waals surface area contributed by atoms with E-state index >= 15 is 0 Å². The fraction of sp³-hybridized carbons (Fsp3) is 0.324. The van der Waals surface area contributed by atoms with Gasteiger partial charge in [0.15, 0.2) is 0 Å². The Hall–Kier alpha value is -3.79. The van der Waals surface area contributed by atoms with Crippen molar-refractivity contribution in [1.29, 1.82) is 0 Å². The predicted molar refractivity (Wildman–Crippen MR) is 155 cm³/mol. The largest absolute Gasteiger partial charge is 0.494 e. The summed E-state index contributed by atoms with van der Waals surface area (Å²) in [5, 5.41) is 9.79. The van der Waals surface area contributed by atoms with Crippen LogP contribution in [-0.4, -0.2) is 17.3 Å². The number of benzene rings is 4. The molecule has 0 amide bonds. The van der Waals surface area contributed by atoms with Crippen LogP contribution in [-0.2, 0) is 0 Å². The van der Waals surface area contributed by atoms with E-state index in [0.29, 0.717) is 0 Å². The standard InChI is InChI=1S/C34H36N2O2/c1-2-3-4-5-6-11-22-37-29-20-18-26(19-21-29)34-36-32(30-14-9-10-15-33(30)38-34)24-31(35-36)28-17-16-25-12-7-8-13-27(25)23-28/h7-10,12-21,23,32,34H,2-6,11,22,24H2,1H3. The molecule has 0 aromatic heterocycles. The second kappa shape index (κ2) is 11.3. The van der Waals surface area contributed by atoms with E-state index < -0.39 is 0 Å². The normalized spacial score (nSPS) is 18.0. The van der Waals surface area contributed by atoms with Gasteiger partial charge in [-0.25, -0.2) is 5.01 Å². The van der Waals surface area contributed by atoms with Crippen LogP contribution in [0.25, 0.3) is 10.8 Å².